The Morgan fingerprint density at radius 3 is 2.92 bits per heavy atom. The topological polar surface area (TPSA) is 54.0 Å². The zero-order valence-corrected chi connectivity index (χ0v) is 14.7. The first kappa shape index (κ1) is 16.7. The summed E-state index contributed by atoms with van der Waals surface area (Å²) in [6, 6.07) is 16.9. The van der Waals surface area contributed by atoms with Crippen LogP contribution in [0.2, 0.25) is 0 Å². The number of rotatable bonds is 5. The third kappa shape index (κ3) is 3.60. The van der Waals surface area contributed by atoms with Crippen LogP contribution >= 0.6 is 0 Å². The second-order valence-corrected chi connectivity index (χ2v) is 6.78. The van der Waals surface area contributed by atoms with Crippen LogP contribution in [0, 0.1) is 0 Å². The Kier molecular flexibility index (Phi) is 4.93. The first-order chi connectivity index (χ1) is 12.8. The van der Waals surface area contributed by atoms with Crippen LogP contribution in [0.1, 0.15) is 29.2 Å². The lowest BCUT2D eigenvalue weighted by Crippen LogP contribution is -2.38. The van der Waals surface area contributed by atoms with E-state index in [0.29, 0.717) is 19.4 Å². The molecule has 132 valence electrons. The molecule has 0 fully saturated rings. The van der Waals surface area contributed by atoms with E-state index in [2.05, 4.69) is 52.0 Å². The summed E-state index contributed by atoms with van der Waals surface area (Å²) in [6.45, 7) is 1.59. The van der Waals surface area contributed by atoms with E-state index in [-0.39, 0.29) is 11.9 Å². The SMILES string of the molecule is O=C(CCc1cncc2ccccc12)NCC1NCCc2ccccc21. The highest BCUT2D eigenvalue weighted by atomic mass is 16.1. The molecule has 2 N–H and O–H groups in total. The number of hydrogen-bond acceptors (Lipinski definition) is 3. The van der Waals surface area contributed by atoms with Crippen molar-refractivity contribution in [2.45, 2.75) is 25.3 Å². The summed E-state index contributed by atoms with van der Waals surface area (Å²) < 4.78 is 0. The van der Waals surface area contributed by atoms with Gasteiger partial charge in [-0.05, 0) is 41.5 Å². The molecule has 0 bridgehead atoms. The summed E-state index contributed by atoms with van der Waals surface area (Å²) in [5, 5.41) is 8.89. The number of aryl methyl sites for hydroxylation is 1. The summed E-state index contributed by atoms with van der Waals surface area (Å²) in [4.78, 5) is 16.6. The maximum atomic E-state index is 12.3. The van der Waals surface area contributed by atoms with Crippen molar-refractivity contribution in [1.29, 1.82) is 0 Å². The van der Waals surface area contributed by atoms with E-state index in [1.165, 1.54) is 16.5 Å². The molecule has 0 radical (unpaired) electrons. The van der Waals surface area contributed by atoms with Gasteiger partial charge in [0, 0.05) is 36.8 Å². The highest BCUT2D eigenvalue weighted by molar-refractivity contribution is 5.85. The monoisotopic (exact) mass is 345 g/mol. The summed E-state index contributed by atoms with van der Waals surface area (Å²) in [7, 11) is 0. The van der Waals surface area contributed by atoms with Crippen molar-refractivity contribution in [3.63, 3.8) is 0 Å². The van der Waals surface area contributed by atoms with Crippen molar-refractivity contribution in [3.8, 4) is 0 Å². The standard InChI is InChI=1S/C22H23N3O/c26-22(10-9-18-14-23-13-17-6-2-3-7-19(17)18)25-15-21-20-8-4-1-5-16(20)11-12-24-21/h1-8,13-14,21,24H,9-12,15H2,(H,25,26). The van der Waals surface area contributed by atoms with Crippen molar-refractivity contribution >= 4 is 16.7 Å². The van der Waals surface area contributed by atoms with E-state index in [4.69, 9.17) is 0 Å². The van der Waals surface area contributed by atoms with Gasteiger partial charge in [-0.2, -0.15) is 0 Å². The number of pyridine rings is 1. The van der Waals surface area contributed by atoms with Gasteiger partial charge in [0.25, 0.3) is 0 Å². The molecule has 0 spiro atoms. The van der Waals surface area contributed by atoms with Crippen LogP contribution < -0.4 is 10.6 Å². The van der Waals surface area contributed by atoms with E-state index in [9.17, 15) is 4.79 Å². The normalized spacial score (nSPS) is 16.2. The summed E-state index contributed by atoms with van der Waals surface area (Å²) in [5.74, 6) is 0.0859. The van der Waals surface area contributed by atoms with Gasteiger partial charge < -0.3 is 10.6 Å². The fourth-order valence-corrected chi connectivity index (χ4v) is 3.71. The summed E-state index contributed by atoms with van der Waals surface area (Å²) in [6.07, 6.45) is 5.97. The van der Waals surface area contributed by atoms with Gasteiger partial charge in [-0.1, -0.05) is 48.5 Å². The van der Waals surface area contributed by atoms with Crippen molar-refractivity contribution in [3.05, 3.63) is 77.6 Å². The lowest BCUT2D eigenvalue weighted by atomic mass is 9.94. The van der Waals surface area contributed by atoms with Crippen LogP contribution in [0.3, 0.4) is 0 Å². The molecule has 0 aliphatic carbocycles. The van der Waals surface area contributed by atoms with Gasteiger partial charge in [0.1, 0.15) is 0 Å². The second kappa shape index (κ2) is 7.67. The molecule has 4 nitrogen and oxygen atoms in total. The van der Waals surface area contributed by atoms with E-state index in [1.807, 2.05) is 24.5 Å². The van der Waals surface area contributed by atoms with E-state index < -0.39 is 0 Å². The number of aromatic nitrogens is 1. The predicted octanol–water partition coefficient (Wildman–Crippen LogP) is 3.17. The van der Waals surface area contributed by atoms with Crippen molar-refractivity contribution in [2.24, 2.45) is 0 Å². The molecule has 4 heteroatoms. The fourth-order valence-electron chi connectivity index (χ4n) is 3.71. The Morgan fingerprint density at radius 1 is 1.12 bits per heavy atom. The first-order valence-corrected chi connectivity index (χ1v) is 9.21. The maximum Gasteiger partial charge on any atom is 0.220 e. The predicted molar refractivity (Wildman–Crippen MR) is 104 cm³/mol. The van der Waals surface area contributed by atoms with Gasteiger partial charge in [-0.25, -0.2) is 0 Å². The molecule has 2 aromatic carbocycles. The molecule has 4 rings (SSSR count). The Bertz CT molecular complexity index is 917. The van der Waals surface area contributed by atoms with E-state index in [0.717, 1.165) is 23.9 Å². The highest BCUT2D eigenvalue weighted by Gasteiger charge is 2.19. The van der Waals surface area contributed by atoms with E-state index >= 15 is 0 Å². The largest absolute Gasteiger partial charge is 0.354 e. The van der Waals surface area contributed by atoms with Gasteiger partial charge in [0.05, 0.1) is 0 Å². The zero-order valence-electron chi connectivity index (χ0n) is 14.7. The van der Waals surface area contributed by atoms with Crippen LogP contribution in [0.15, 0.2) is 60.9 Å². The molecule has 3 aromatic rings. The maximum absolute atomic E-state index is 12.3. The minimum Gasteiger partial charge on any atom is -0.354 e. The highest BCUT2D eigenvalue weighted by Crippen LogP contribution is 2.22. The number of carbonyl (C=O) groups excluding carboxylic acids is 1. The zero-order chi connectivity index (χ0) is 17.8. The third-order valence-electron chi connectivity index (χ3n) is 5.09. The fraction of sp³-hybridized carbons (Fsp3) is 0.273. The summed E-state index contributed by atoms with van der Waals surface area (Å²) in [5.41, 5.74) is 3.81. The van der Waals surface area contributed by atoms with Crippen molar-refractivity contribution in [1.82, 2.24) is 15.6 Å². The lowest BCUT2D eigenvalue weighted by molar-refractivity contribution is -0.121. The molecule has 1 unspecified atom stereocenters. The van der Waals surface area contributed by atoms with Crippen LogP contribution in [0.25, 0.3) is 10.8 Å². The Morgan fingerprint density at radius 2 is 1.96 bits per heavy atom. The quantitative estimate of drug-likeness (QED) is 0.747. The number of nitrogens with one attached hydrogen (secondary N) is 2. The molecule has 1 aliphatic rings. The number of nitrogens with zero attached hydrogens (tertiary/aromatic N) is 1. The molecule has 1 aromatic heterocycles. The van der Waals surface area contributed by atoms with Crippen molar-refractivity contribution < 1.29 is 4.79 Å². The summed E-state index contributed by atoms with van der Waals surface area (Å²) >= 11 is 0. The Balaban J connectivity index is 1.35. The van der Waals surface area contributed by atoms with Gasteiger partial charge in [0.15, 0.2) is 0 Å². The molecule has 1 aliphatic heterocycles. The first-order valence-electron chi connectivity index (χ1n) is 9.21. The molecule has 0 saturated carbocycles. The average molecular weight is 345 g/mol. The number of amides is 1. The van der Waals surface area contributed by atoms with Gasteiger partial charge in [-0.3, -0.25) is 9.78 Å². The lowest BCUT2D eigenvalue weighted by Gasteiger charge is -2.27. The number of carbonyl (C=O) groups is 1. The molecule has 0 saturated heterocycles. The third-order valence-corrected chi connectivity index (χ3v) is 5.09. The minimum absolute atomic E-state index is 0.0859. The number of fused-ring (bicyclic) bond motifs is 2. The smallest absolute Gasteiger partial charge is 0.220 e. The van der Waals surface area contributed by atoms with Crippen LogP contribution in [-0.4, -0.2) is 24.0 Å². The molecule has 1 amide bonds. The van der Waals surface area contributed by atoms with Gasteiger partial charge >= 0.3 is 0 Å². The Hall–Kier alpha value is -2.72. The number of hydrogen-bond donors (Lipinski definition) is 2. The second-order valence-electron chi connectivity index (χ2n) is 6.78. The van der Waals surface area contributed by atoms with Crippen LogP contribution in [0.5, 0.6) is 0 Å². The number of benzene rings is 2. The molecule has 1 atom stereocenters. The van der Waals surface area contributed by atoms with Crippen LogP contribution in [0.4, 0.5) is 0 Å². The Labute approximate surface area is 153 Å². The van der Waals surface area contributed by atoms with Gasteiger partial charge in [-0.15, -0.1) is 0 Å². The average Bonchev–Trinajstić information content (AvgIpc) is 2.70. The molecular formula is C22H23N3O. The van der Waals surface area contributed by atoms with Gasteiger partial charge in [0.2, 0.25) is 5.91 Å². The van der Waals surface area contributed by atoms with Crippen LogP contribution in [-0.2, 0) is 17.6 Å². The molecule has 26 heavy (non-hydrogen) atoms. The van der Waals surface area contributed by atoms with E-state index in [1.54, 1.807) is 0 Å². The van der Waals surface area contributed by atoms with Crippen molar-refractivity contribution in [2.75, 3.05) is 13.1 Å². The molecular weight excluding hydrogens is 322 g/mol. The molecule has 2 heterocycles. The minimum atomic E-state index is 0.0859.